The summed E-state index contributed by atoms with van der Waals surface area (Å²) < 4.78 is 27.2. The van der Waals surface area contributed by atoms with E-state index in [0.717, 1.165) is 11.8 Å². The number of cyclic esters (lactones) is 1. The number of hydrogen-bond donors (Lipinski definition) is 4. The third-order valence-corrected chi connectivity index (χ3v) is 6.54. The third kappa shape index (κ3) is 6.00. The van der Waals surface area contributed by atoms with Gasteiger partial charge in [0.25, 0.3) is 0 Å². The maximum atomic E-state index is 12.1. The number of rotatable bonds is 7. The van der Waals surface area contributed by atoms with E-state index < -0.39 is 79.5 Å². The number of aliphatic hydroxyl groups is 3. The van der Waals surface area contributed by atoms with E-state index in [-0.39, 0.29) is 12.0 Å². The van der Waals surface area contributed by atoms with Crippen LogP contribution in [0.5, 0.6) is 0 Å². The van der Waals surface area contributed by atoms with Gasteiger partial charge in [0.1, 0.15) is 37.1 Å². The molecular weight excluding hydrogens is 492 g/mol. The zero-order valence-corrected chi connectivity index (χ0v) is 19.8. The number of carboxylic acid groups (broad SMARTS) is 1. The molecule has 0 aliphatic carbocycles. The van der Waals surface area contributed by atoms with Crippen molar-refractivity contribution >= 4 is 24.0 Å². The number of hydrogen-bond acceptors (Lipinski definition) is 11. The Bertz CT molecular complexity index is 1050. The Kier molecular flexibility index (Phi) is 8.25. The summed E-state index contributed by atoms with van der Waals surface area (Å²) in [4.78, 5) is 35.7. The first-order valence-electron chi connectivity index (χ1n) is 11.7. The van der Waals surface area contributed by atoms with Gasteiger partial charge in [-0.25, -0.2) is 9.59 Å². The summed E-state index contributed by atoms with van der Waals surface area (Å²) in [7, 11) is 0. The van der Waals surface area contributed by atoms with Gasteiger partial charge in [0, 0.05) is 12.0 Å². The topological polar surface area (TPSA) is 178 Å². The van der Waals surface area contributed by atoms with E-state index in [1.807, 2.05) is 6.07 Å². The zero-order valence-electron chi connectivity index (χ0n) is 19.8. The lowest BCUT2D eigenvalue weighted by atomic mass is 9.77. The first kappa shape index (κ1) is 26.8. The Labute approximate surface area is 211 Å². The van der Waals surface area contributed by atoms with Gasteiger partial charge >= 0.3 is 17.9 Å². The van der Waals surface area contributed by atoms with E-state index in [4.69, 9.17) is 23.7 Å². The van der Waals surface area contributed by atoms with Gasteiger partial charge in [-0.1, -0.05) is 30.3 Å². The fourth-order valence-electron chi connectivity index (χ4n) is 4.59. The van der Waals surface area contributed by atoms with Crippen LogP contribution in [0.4, 0.5) is 0 Å². The molecule has 2 saturated heterocycles. The summed E-state index contributed by atoms with van der Waals surface area (Å²) in [5.41, 5.74) is 0.649. The normalized spacial score (nSPS) is 35.6. The van der Waals surface area contributed by atoms with Crippen LogP contribution in [0.3, 0.4) is 0 Å². The number of ether oxygens (including phenoxy) is 5. The van der Waals surface area contributed by atoms with Gasteiger partial charge in [-0.15, -0.1) is 0 Å². The largest absolute Gasteiger partial charge is 0.478 e. The summed E-state index contributed by atoms with van der Waals surface area (Å²) in [5.74, 6) is -4.09. The minimum Gasteiger partial charge on any atom is -0.478 e. The number of fused-ring (bicyclic) bond motifs is 1. The number of aliphatic hydroxyl groups excluding tert-OH is 3. The molecule has 4 N–H and O–H groups in total. The summed E-state index contributed by atoms with van der Waals surface area (Å²) in [6.45, 7) is 1.10. The first-order valence-corrected chi connectivity index (χ1v) is 11.7. The fraction of sp³-hybridized carbons (Fsp3) is 0.480. The van der Waals surface area contributed by atoms with Crippen molar-refractivity contribution in [1.82, 2.24) is 0 Å². The number of aliphatic carboxylic acids is 1. The molecule has 37 heavy (non-hydrogen) atoms. The molecule has 3 aliphatic rings. The van der Waals surface area contributed by atoms with Crippen LogP contribution in [0.25, 0.3) is 6.08 Å². The minimum atomic E-state index is -1.71. The van der Waals surface area contributed by atoms with Crippen LogP contribution in [-0.2, 0) is 38.1 Å². The maximum Gasteiger partial charge on any atom is 0.335 e. The van der Waals surface area contributed by atoms with Crippen LogP contribution < -0.4 is 0 Å². The SMILES string of the molecule is CC1OC(=O)CC2C(C(=O)O)=COC(OC3OC(COC(=O)C=Cc4ccccc4)C(O)C(O)C3O)C12. The van der Waals surface area contributed by atoms with Crippen molar-refractivity contribution in [3.05, 3.63) is 53.8 Å². The van der Waals surface area contributed by atoms with Crippen molar-refractivity contribution in [2.45, 2.75) is 56.4 Å². The van der Waals surface area contributed by atoms with Gasteiger partial charge in [-0.3, -0.25) is 4.79 Å². The summed E-state index contributed by atoms with van der Waals surface area (Å²) in [5, 5.41) is 40.6. The number of esters is 2. The van der Waals surface area contributed by atoms with E-state index >= 15 is 0 Å². The second-order valence-corrected chi connectivity index (χ2v) is 8.99. The first-order chi connectivity index (χ1) is 17.7. The molecule has 0 spiro atoms. The van der Waals surface area contributed by atoms with Gasteiger partial charge < -0.3 is 44.1 Å². The average molecular weight is 520 g/mol. The molecule has 9 unspecified atom stereocenters. The highest BCUT2D eigenvalue weighted by atomic mass is 16.8. The highest BCUT2D eigenvalue weighted by Gasteiger charge is 2.52. The summed E-state index contributed by atoms with van der Waals surface area (Å²) >= 11 is 0. The molecule has 4 rings (SSSR count). The zero-order chi connectivity index (χ0) is 26.7. The molecular formula is C25H28O12. The van der Waals surface area contributed by atoms with Crippen LogP contribution in [0.2, 0.25) is 0 Å². The smallest absolute Gasteiger partial charge is 0.335 e. The van der Waals surface area contributed by atoms with Crippen LogP contribution in [-0.4, -0.2) is 88.0 Å². The molecule has 200 valence electrons. The second-order valence-electron chi connectivity index (χ2n) is 8.99. The lowest BCUT2D eigenvalue weighted by molar-refractivity contribution is -0.346. The molecule has 0 bridgehead atoms. The molecule has 1 aromatic carbocycles. The van der Waals surface area contributed by atoms with E-state index in [1.165, 1.54) is 6.08 Å². The molecule has 12 nitrogen and oxygen atoms in total. The van der Waals surface area contributed by atoms with Gasteiger partial charge in [-0.2, -0.15) is 0 Å². The standard InChI is InChI=1S/C25H28O12/c1-12-19-14(9-18(27)35-12)15(23(31)32)10-34-24(19)37-25-22(30)21(29)20(28)16(36-25)11-33-17(26)8-7-13-5-3-2-4-6-13/h2-8,10,12,14,16,19-22,24-25,28-30H,9,11H2,1H3,(H,31,32). The minimum absolute atomic E-state index is 0.123. The van der Waals surface area contributed by atoms with E-state index in [1.54, 1.807) is 37.3 Å². The van der Waals surface area contributed by atoms with Crippen molar-refractivity contribution in [2.75, 3.05) is 6.61 Å². The highest BCUT2D eigenvalue weighted by Crippen LogP contribution is 2.41. The van der Waals surface area contributed by atoms with Crippen molar-refractivity contribution in [3.63, 3.8) is 0 Å². The average Bonchev–Trinajstić information content (AvgIpc) is 2.87. The molecule has 1 aromatic rings. The summed E-state index contributed by atoms with van der Waals surface area (Å²) in [6.07, 6.45) is -6.34. The summed E-state index contributed by atoms with van der Waals surface area (Å²) in [6, 6.07) is 9.02. The van der Waals surface area contributed by atoms with Gasteiger partial charge in [0.05, 0.1) is 24.2 Å². The Hall–Kier alpha value is -3.29. The molecule has 0 amide bonds. The molecule has 2 fully saturated rings. The van der Waals surface area contributed by atoms with Gasteiger partial charge in [0.2, 0.25) is 6.29 Å². The van der Waals surface area contributed by atoms with Crippen molar-refractivity contribution in [1.29, 1.82) is 0 Å². The molecule has 0 saturated carbocycles. The predicted octanol–water partition coefficient (Wildman–Crippen LogP) is -0.0402. The Morgan fingerprint density at radius 2 is 1.81 bits per heavy atom. The van der Waals surface area contributed by atoms with Crippen molar-refractivity contribution < 1.29 is 58.5 Å². The van der Waals surface area contributed by atoms with Crippen LogP contribution in [0.1, 0.15) is 18.9 Å². The molecule has 3 aliphatic heterocycles. The number of carbonyl (C=O) groups is 3. The van der Waals surface area contributed by atoms with E-state index in [2.05, 4.69) is 0 Å². The predicted molar refractivity (Wildman–Crippen MR) is 122 cm³/mol. The molecule has 0 radical (unpaired) electrons. The molecule has 12 heteroatoms. The Morgan fingerprint density at radius 1 is 1.08 bits per heavy atom. The maximum absolute atomic E-state index is 12.1. The van der Waals surface area contributed by atoms with Crippen molar-refractivity contribution in [2.24, 2.45) is 11.8 Å². The van der Waals surface area contributed by atoms with Gasteiger partial charge in [0.15, 0.2) is 6.29 Å². The van der Waals surface area contributed by atoms with Crippen LogP contribution >= 0.6 is 0 Å². The third-order valence-electron chi connectivity index (χ3n) is 6.54. The Morgan fingerprint density at radius 3 is 2.51 bits per heavy atom. The second kappa shape index (κ2) is 11.4. The lowest BCUT2D eigenvalue weighted by Crippen LogP contribution is -2.61. The monoisotopic (exact) mass is 520 g/mol. The van der Waals surface area contributed by atoms with Crippen LogP contribution in [0.15, 0.2) is 48.2 Å². The van der Waals surface area contributed by atoms with E-state index in [0.29, 0.717) is 0 Å². The fourth-order valence-corrected chi connectivity index (χ4v) is 4.59. The number of benzene rings is 1. The molecule has 0 aromatic heterocycles. The highest BCUT2D eigenvalue weighted by molar-refractivity contribution is 5.88. The Balaban J connectivity index is 1.42. The number of carboxylic acids is 1. The van der Waals surface area contributed by atoms with Crippen molar-refractivity contribution in [3.8, 4) is 0 Å². The van der Waals surface area contributed by atoms with E-state index in [9.17, 15) is 34.8 Å². The number of carbonyl (C=O) groups excluding carboxylic acids is 2. The molecule has 9 atom stereocenters. The lowest BCUT2D eigenvalue weighted by Gasteiger charge is -2.45. The van der Waals surface area contributed by atoms with Crippen LogP contribution in [0, 0.1) is 11.8 Å². The quantitative estimate of drug-likeness (QED) is 0.279. The molecule has 3 heterocycles. The van der Waals surface area contributed by atoms with Gasteiger partial charge in [-0.05, 0) is 18.6 Å².